The summed E-state index contributed by atoms with van der Waals surface area (Å²) in [6.45, 7) is 12.4. The highest BCUT2D eigenvalue weighted by molar-refractivity contribution is 8.00. The third-order valence-corrected chi connectivity index (χ3v) is 7.41. The van der Waals surface area contributed by atoms with E-state index in [1.165, 1.54) is 16.9 Å². The van der Waals surface area contributed by atoms with E-state index in [1.807, 2.05) is 11.8 Å². The highest BCUT2D eigenvalue weighted by Gasteiger charge is 2.36. The molecule has 0 spiro atoms. The molecule has 1 fully saturated rings. The van der Waals surface area contributed by atoms with Gasteiger partial charge < -0.3 is 4.74 Å². The number of pyridine rings is 1. The Morgan fingerprint density at radius 2 is 2.04 bits per heavy atom. The van der Waals surface area contributed by atoms with Gasteiger partial charge in [0.1, 0.15) is 24.7 Å². The average Bonchev–Trinajstić information content (AvgIpc) is 2.58. The van der Waals surface area contributed by atoms with Crippen molar-refractivity contribution in [3.8, 4) is 6.07 Å². The monoisotopic (exact) mass is 378 g/mol. The summed E-state index contributed by atoms with van der Waals surface area (Å²) in [5.41, 5.74) is 3.46. The summed E-state index contributed by atoms with van der Waals surface area (Å²) in [6.07, 6.45) is 0.956. The molecule has 1 saturated heterocycles. The van der Waals surface area contributed by atoms with E-state index < -0.39 is 0 Å². The fourth-order valence-corrected chi connectivity index (χ4v) is 5.38. The van der Waals surface area contributed by atoms with Crippen molar-refractivity contribution >= 4 is 29.3 Å². The van der Waals surface area contributed by atoms with Crippen molar-refractivity contribution in [3.05, 3.63) is 16.7 Å². The number of morpholine rings is 1. The quantitative estimate of drug-likeness (QED) is 0.750. The van der Waals surface area contributed by atoms with Crippen molar-refractivity contribution in [1.29, 1.82) is 5.26 Å². The summed E-state index contributed by atoms with van der Waals surface area (Å²) in [5, 5.41) is 10.9. The molecule has 0 saturated carbocycles. The first-order valence-electron chi connectivity index (χ1n) is 9.02. The Kier molecular flexibility index (Phi) is 5.87. The van der Waals surface area contributed by atoms with E-state index in [9.17, 15) is 5.26 Å². The van der Waals surface area contributed by atoms with Crippen molar-refractivity contribution in [2.45, 2.75) is 49.6 Å². The van der Waals surface area contributed by atoms with E-state index in [0.717, 1.165) is 54.8 Å². The van der Waals surface area contributed by atoms with Crippen LogP contribution in [-0.4, -0.2) is 36.8 Å². The molecule has 3 rings (SSSR count). The standard InChI is InChI=1S/C19H27N3OS2/c1-13(2)11-24-18-15(10-20)14-9-19(3,4)25-12-16(14)17(21-18)22-5-7-23-8-6-22/h13H,5-9,11-12H2,1-4H3/p+1. The molecule has 0 unspecified atom stereocenters. The van der Waals surface area contributed by atoms with Crippen LogP contribution in [0, 0.1) is 17.2 Å². The molecule has 0 aromatic carbocycles. The van der Waals surface area contributed by atoms with Crippen LogP contribution in [0.25, 0.3) is 0 Å². The number of nitriles is 1. The van der Waals surface area contributed by atoms with Gasteiger partial charge in [-0.15, -0.1) is 0 Å². The second kappa shape index (κ2) is 7.77. The Morgan fingerprint density at radius 3 is 2.68 bits per heavy atom. The number of hydrogen-bond acceptors (Lipinski definition) is 5. The minimum absolute atomic E-state index is 0.183. The summed E-state index contributed by atoms with van der Waals surface area (Å²) in [7, 11) is 0. The Balaban J connectivity index is 2.08. The molecule has 1 aromatic rings. The molecule has 1 aromatic heterocycles. The normalized spacial score (nSPS) is 19.6. The number of fused-ring (bicyclic) bond motifs is 1. The minimum Gasteiger partial charge on any atom is -0.373 e. The van der Waals surface area contributed by atoms with Crippen molar-refractivity contribution < 1.29 is 9.72 Å². The maximum absolute atomic E-state index is 9.89. The summed E-state index contributed by atoms with van der Waals surface area (Å²) in [5.74, 6) is 3.80. The van der Waals surface area contributed by atoms with Crippen LogP contribution >= 0.6 is 23.5 Å². The Hall–Kier alpha value is -0.900. The summed E-state index contributed by atoms with van der Waals surface area (Å²) in [6, 6.07) is 2.51. The van der Waals surface area contributed by atoms with E-state index in [0.29, 0.717) is 5.92 Å². The lowest BCUT2D eigenvalue weighted by Crippen LogP contribution is -2.42. The molecular weight excluding hydrogens is 350 g/mol. The first-order chi connectivity index (χ1) is 11.9. The first-order valence-corrected chi connectivity index (χ1v) is 11.0. The Bertz CT molecular complexity index is 676. The zero-order valence-electron chi connectivity index (χ0n) is 15.6. The van der Waals surface area contributed by atoms with Crippen LogP contribution in [0.3, 0.4) is 0 Å². The molecule has 0 aliphatic carbocycles. The second-order valence-electron chi connectivity index (χ2n) is 7.78. The number of nitrogens with zero attached hydrogens (tertiary/aromatic N) is 2. The van der Waals surface area contributed by atoms with Crippen molar-refractivity contribution in [3.63, 3.8) is 0 Å². The fraction of sp³-hybridized carbons (Fsp3) is 0.684. The van der Waals surface area contributed by atoms with Gasteiger partial charge in [0.25, 0.3) is 5.82 Å². The third kappa shape index (κ3) is 4.27. The second-order valence-corrected chi connectivity index (χ2v) is 10.5. The van der Waals surface area contributed by atoms with Crippen LogP contribution in [0.15, 0.2) is 5.03 Å². The minimum atomic E-state index is 0.183. The summed E-state index contributed by atoms with van der Waals surface area (Å²) in [4.78, 5) is 6.05. The van der Waals surface area contributed by atoms with Gasteiger partial charge in [0.15, 0.2) is 5.03 Å². The molecule has 3 heterocycles. The van der Waals surface area contributed by atoms with Crippen LogP contribution in [0.1, 0.15) is 44.4 Å². The molecule has 0 amide bonds. The maximum Gasteiger partial charge on any atom is 0.279 e. The Morgan fingerprint density at radius 1 is 1.32 bits per heavy atom. The molecule has 2 aliphatic rings. The molecule has 0 radical (unpaired) electrons. The molecule has 25 heavy (non-hydrogen) atoms. The number of nitrogens with one attached hydrogen (secondary N) is 1. The van der Waals surface area contributed by atoms with Crippen LogP contribution in [0.4, 0.5) is 5.82 Å². The zero-order chi connectivity index (χ0) is 18.0. The Labute approximate surface area is 159 Å². The number of ether oxygens (including phenoxy) is 1. The van der Waals surface area contributed by atoms with E-state index in [4.69, 9.17) is 4.74 Å². The number of anilines is 1. The number of hydrogen-bond donors (Lipinski definition) is 0. The van der Waals surface area contributed by atoms with E-state index in [2.05, 4.69) is 43.6 Å². The van der Waals surface area contributed by atoms with Gasteiger partial charge in [0.2, 0.25) is 0 Å². The number of aromatic nitrogens is 1. The van der Waals surface area contributed by atoms with Crippen LogP contribution in [0.2, 0.25) is 0 Å². The molecule has 2 aliphatic heterocycles. The largest absolute Gasteiger partial charge is 0.373 e. The van der Waals surface area contributed by atoms with Gasteiger partial charge >= 0.3 is 0 Å². The van der Waals surface area contributed by atoms with Gasteiger partial charge in [0.05, 0.1) is 18.8 Å². The number of thioether (sulfide) groups is 2. The first kappa shape index (κ1) is 18.9. The number of rotatable bonds is 4. The molecule has 136 valence electrons. The maximum atomic E-state index is 9.89. The number of H-pyrrole nitrogens is 1. The van der Waals surface area contributed by atoms with Gasteiger partial charge in [-0.2, -0.15) is 17.0 Å². The van der Waals surface area contributed by atoms with Crippen LogP contribution < -0.4 is 9.88 Å². The summed E-state index contributed by atoms with van der Waals surface area (Å²) >= 11 is 3.78. The van der Waals surface area contributed by atoms with Gasteiger partial charge in [-0.3, -0.25) is 4.90 Å². The highest BCUT2D eigenvalue weighted by Crippen LogP contribution is 2.43. The average molecular weight is 379 g/mol. The van der Waals surface area contributed by atoms with Crippen LogP contribution in [0.5, 0.6) is 0 Å². The molecule has 4 nitrogen and oxygen atoms in total. The van der Waals surface area contributed by atoms with E-state index in [1.54, 1.807) is 11.8 Å². The summed E-state index contributed by atoms with van der Waals surface area (Å²) < 4.78 is 5.72. The van der Waals surface area contributed by atoms with E-state index >= 15 is 0 Å². The van der Waals surface area contributed by atoms with E-state index in [-0.39, 0.29) is 4.75 Å². The predicted molar refractivity (Wildman–Crippen MR) is 105 cm³/mol. The molecule has 0 atom stereocenters. The van der Waals surface area contributed by atoms with Crippen molar-refractivity contribution in [2.24, 2.45) is 5.92 Å². The SMILES string of the molecule is CC(C)CSc1[nH+]c(N2CCOCC2)c2c(c1C#N)CC(C)(C)SC2. The topological polar surface area (TPSA) is 50.4 Å². The van der Waals surface area contributed by atoms with Crippen LogP contribution in [-0.2, 0) is 16.9 Å². The third-order valence-electron chi connectivity index (χ3n) is 4.62. The van der Waals surface area contributed by atoms with Gasteiger partial charge in [0, 0.05) is 16.3 Å². The van der Waals surface area contributed by atoms with Gasteiger partial charge in [-0.1, -0.05) is 39.5 Å². The fourth-order valence-electron chi connectivity index (χ4n) is 3.30. The predicted octanol–water partition coefficient (Wildman–Crippen LogP) is 3.52. The zero-order valence-corrected chi connectivity index (χ0v) is 17.3. The highest BCUT2D eigenvalue weighted by atomic mass is 32.2. The van der Waals surface area contributed by atoms with Gasteiger partial charge in [-0.25, -0.2) is 4.98 Å². The molecular formula is C19H28N3OS2+. The van der Waals surface area contributed by atoms with Crippen molar-refractivity contribution in [1.82, 2.24) is 0 Å². The van der Waals surface area contributed by atoms with Gasteiger partial charge in [-0.05, 0) is 17.9 Å². The number of aromatic amines is 1. The lowest BCUT2D eigenvalue weighted by Gasteiger charge is -2.33. The smallest absolute Gasteiger partial charge is 0.279 e. The molecule has 0 bridgehead atoms. The lowest BCUT2D eigenvalue weighted by atomic mass is 9.94. The van der Waals surface area contributed by atoms with Crippen molar-refractivity contribution in [2.75, 3.05) is 37.0 Å². The lowest BCUT2D eigenvalue weighted by molar-refractivity contribution is -0.414. The molecule has 1 N–H and O–H groups in total. The molecule has 6 heteroatoms.